The molecule has 1 aromatic carbocycles. The summed E-state index contributed by atoms with van der Waals surface area (Å²) in [4.78, 5) is 16.1. The highest BCUT2D eigenvalue weighted by atomic mass is 79.9. The summed E-state index contributed by atoms with van der Waals surface area (Å²) in [5.41, 5.74) is 1.81. The smallest absolute Gasteiger partial charge is 0.274 e. The second-order valence-corrected chi connectivity index (χ2v) is 5.05. The lowest BCUT2D eigenvalue weighted by Gasteiger charge is -2.08. The van der Waals surface area contributed by atoms with Crippen LogP contribution >= 0.6 is 27.5 Å². The van der Waals surface area contributed by atoms with Crippen molar-refractivity contribution in [1.82, 2.24) is 4.98 Å². The Bertz CT molecular complexity index is 619. The van der Waals surface area contributed by atoms with E-state index >= 15 is 0 Å². The van der Waals surface area contributed by atoms with Crippen molar-refractivity contribution in [3.8, 4) is 0 Å². The lowest BCUT2D eigenvalue weighted by Crippen LogP contribution is -2.14. The van der Waals surface area contributed by atoms with E-state index in [1.807, 2.05) is 0 Å². The fraction of sp³-hybridized carbons (Fsp3) is 0.0769. The average molecular weight is 341 g/mol. The Morgan fingerprint density at radius 3 is 2.79 bits per heavy atom. The second kappa shape index (κ2) is 6.04. The summed E-state index contributed by atoms with van der Waals surface area (Å²) in [5.74, 6) is -0.278. The Kier molecular flexibility index (Phi) is 4.39. The number of pyridine rings is 1. The van der Waals surface area contributed by atoms with E-state index in [-0.39, 0.29) is 5.91 Å². The van der Waals surface area contributed by atoms with Gasteiger partial charge in [-0.15, -0.1) is 0 Å². The van der Waals surface area contributed by atoms with Crippen LogP contribution in [0.5, 0.6) is 0 Å². The van der Waals surface area contributed by atoms with E-state index in [0.717, 1.165) is 10.2 Å². The lowest BCUT2D eigenvalue weighted by molar-refractivity contribution is 0.102. The average Bonchev–Trinajstić information content (AvgIpc) is 2.42. The Hall–Kier alpha value is -1.59. The van der Waals surface area contributed by atoms with Crippen LogP contribution in [-0.2, 0) is 0 Å². The first-order valence-corrected chi connectivity index (χ1v) is 6.67. The summed E-state index contributed by atoms with van der Waals surface area (Å²) in [7, 11) is 1.78. The third-order valence-electron chi connectivity index (χ3n) is 2.46. The quantitative estimate of drug-likeness (QED) is 0.894. The summed E-state index contributed by atoms with van der Waals surface area (Å²) in [6.07, 6.45) is 1.58. The van der Waals surface area contributed by atoms with Gasteiger partial charge in [-0.05, 0) is 46.3 Å². The standard InChI is InChI=1S/C13H11BrClN3O/c1-16-9-4-5-17-12(7-9)13(19)18-11-3-2-8(15)6-10(11)14/h2-7H,1H3,(H,16,17)(H,18,19). The molecule has 0 radical (unpaired) electrons. The molecule has 19 heavy (non-hydrogen) atoms. The summed E-state index contributed by atoms with van der Waals surface area (Å²) in [6, 6.07) is 8.62. The van der Waals surface area contributed by atoms with E-state index in [9.17, 15) is 4.79 Å². The molecule has 0 aliphatic heterocycles. The molecular formula is C13H11BrClN3O. The first kappa shape index (κ1) is 13.8. The molecule has 0 fully saturated rings. The molecule has 0 unspecified atom stereocenters. The van der Waals surface area contributed by atoms with Gasteiger partial charge in [-0.1, -0.05) is 11.6 Å². The highest BCUT2D eigenvalue weighted by molar-refractivity contribution is 9.10. The van der Waals surface area contributed by atoms with Crippen LogP contribution in [0.25, 0.3) is 0 Å². The highest BCUT2D eigenvalue weighted by Crippen LogP contribution is 2.26. The maximum absolute atomic E-state index is 12.1. The van der Waals surface area contributed by atoms with E-state index in [1.54, 1.807) is 43.6 Å². The number of nitrogens with zero attached hydrogens (tertiary/aromatic N) is 1. The molecule has 1 amide bonds. The molecule has 0 aliphatic rings. The van der Waals surface area contributed by atoms with Crippen LogP contribution < -0.4 is 10.6 Å². The summed E-state index contributed by atoms with van der Waals surface area (Å²) >= 11 is 9.19. The van der Waals surface area contributed by atoms with E-state index in [4.69, 9.17) is 11.6 Å². The number of rotatable bonds is 3. The van der Waals surface area contributed by atoms with Gasteiger partial charge >= 0.3 is 0 Å². The van der Waals surface area contributed by atoms with Crippen molar-refractivity contribution in [1.29, 1.82) is 0 Å². The Balaban J connectivity index is 2.20. The van der Waals surface area contributed by atoms with Gasteiger partial charge in [-0.2, -0.15) is 0 Å². The number of carbonyl (C=O) groups excluding carboxylic acids is 1. The van der Waals surface area contributed by atoms with Crippen LogP contribution in [0.1, 0.15) is 10.5 Å². The molecule has 2 rings (SSSR count). The number of anilines is 2. The Morgan fingerprint density at radius 2 is 2.11 bits per heavy atom. The van der Waals surface area contributed by atoms with Crippen molar-refractivity contribution in [3.63, 3.8) is 0 Å². The first-order valence-electron chi connectivity index (χ1n) is 5.50. The zero-order valence-corrected chi connectivity index (χ0v) is 12.4. The summed E-state index contributed by atoms with van der Waals surface area (Å²) < 4.78 is 0.720. The monoisotopic (exact) mass is 339 g/mol. The van der Waals surface area contributed by atoms with E-state index in [2.05, 4.69) is 31.5 Å². The molecule has 6 heteroatoms. The number of hydrogen-bond acceptors (Lipinski definition) is 3. The van der Waals surface area contributed by atoms with Crippen molar-refractivity contribution in [3.05, 3.63) is 51.7 Å². The molecule has 2 aromatic rings. The number of halogens is 2. The van der Waals surface area contributed by atoms with E-state index in [1.165, 1.54) is 0 Å². The number of hydrogen-bond donors (Lipinski definition) is 2. The molecule has 1 heterocycles. The predicted molar refractivity (Wildman–Crippen MR) is 80.9 cm³/mol. The molecule has 4 nitrogen and oxygen atoms in total. The maximum Gasteiger partial charge on any atom is 0.274 e. The first-order chi connectivity index (χ1) is 9.10. The topological polar surface area (TPSA) is 54.0 Å². The molecule has 0 saturated heterocycles. The molecule has 0 spiro atoms. The minimum atomic E-state index is -0.278. The van der Waals surface area contributed by atoms with Gasteiger partial charge in [-0.25, -0.2) is 0 Å². The van der Waals surface area contributed by atoms with Crippen LogP contribution in [0, 0.1) is 0 Å². The highest BCUT2D eigenvalue weighted by Gasteiger charge is 2.10. The van der Waals surface area contributed by atoms with Crippen molar-refractivity contribution >= 4 is 44.8 Å². The molecule has 0 atom stereocenters. The third kappa shape index (κ3) is 3.45. The van der Waals surface area contributed by atoms with Crippen LogP contribution in [-0.4, -0.2) is 17.9 Å². The fourth-order valence-corrected chi connectivity index (χ4v) is 2.27. The van der Waals surface area contributed by atoms with Crippen LogP contribution in [0.15, 0.2) is 41.0 Å². The van der Waals surface area contributed by atoms with Crippen molar-refractivity contribution < 1.29 is 4.79 Å². The normalized spacial score (nSPS) is 10.1. The van der Waals surface area contributed by atoms with Crippen LogP contribution in [0.3, 0.4) is 0 Å². The Morgan fingerprint density at radius 1 is 1.32 bits per heavy atom. The van der Waals surface area contributed by atoms with Crippen LogP contribution in [0.2, 0.25) is 5.02 Å². The molecule has 0 aliphatic carbocycles. The molecular weight excluding hydrogens is 330 g/mol. The second-order valence-electron chi connectivity index (χ2n) is 3.76. The van der Waals surface area contributed by atoms with Gasteiger partial charge in [0, 0.05) is 28.4 Å². The Labute approximate surface area is 124 Å². The zero-order valence-electron chi connectivity index (χ0n) is 10.1. The van der Waals surface area contributed by atoms with Crippen molar-refractivity contribution in [2.24, 2.45) is 0 Å². The zero-order chi connectivity index (χ0) is 13.8. The number of benzene rings is 1. The lowest BCUT2D eigenvalue weighted by atomic mass is 10.2. The van der Waals surface area contributed by atoms with Crippen molar-refractivity contribution in [2.75, 3.05) is 17.7 Å². The van der Waals surface area contributed by atoms with Gasteiger partial charge in [0.1, 0.15) is 5.69 Å². The fourth-order valence-electron chi connectivity index (χ4n) is 1.49. The third-order valence-corrected chi connectivity index (χ3v) is 3.35. The molecule has 0 bridgehead atoms. The van der Waals surface area contributed by atoms with Gasteiger partial charge in [0.05, 0.1) is 5.69 Å². The molecule has 0 saturated carbocycles. The number of carbonyl (C=O) groups is 1. The van der Waals surface area contributed by atoms with Crippen molar-refractivity contribution in [2.45, 2.75) is 0 Å². The number of aromatic nitrogens is 1. The van der Waals surface area contributed by atoms with Gasteiger partial charge < -0.3 is 10.6 Å². The minimum absolute atomic E-state index is 0.278. The molecule has 2 N–H and O–H groups in total. The SMILES string of the molecule is CNc1ccnc(C(=O)Nc2ccc(Cl)cc2Br)c1. The van der Waals surface area contributed by atoms with Gasteiger partial charge in [0.25, 0.3) is 5.91 Å². The van der Waals surface area contributed by atoms with Gasteiger partial charge in [0.15, 0.2) is 0 Å². The largest absolute Gasteiger partial charge is 0.388 e. The van der Waals surface area contributed by atoms with E-state index in [0.29, 0.717) is 16.4 Å². The molecule has 98 valence electrons. The van der Waals surface area contributed by atoms with Gasteiger partial charge in [-0.3, -0.25) is 9.78 Å². The maximum atomic E-state index is 12.1. The van der Waals surface area contributed by atoms with Crippen LogP contribution in [0.4, 0.5) is 11.4 Å². The number of nitrogens with one attached hydrogen (secondary N) is 2. The van der Waals surface area contributed by atoms with E-state index < -0.39 is 0 Å². The summed E-state index contributed by atoms with van der Waals surface area (Å²) in [6.45, 7) is 0. The molecule has 1 aromatic heterocycles. The summed E-state index contributed by atoms with van der Waals surface area (Å²) in [5, 5.41) is 6.33. The number of amides is 1. The van der Waals surface area contributed by atoms with Gasteiger partial charge in [0.2, 0.25) is 0 Å². The predicted octanol–water partition coefficient (Wildman–Crippen LogP) is 3.79. The minimum Gasteiger partial charge on any atom is -0.388 e.